The van der Waals surface area contributed by atoms with Gasteiger partial charge in [0.15, 0.2) is 0 Å². The van der Waals surface area contributed by atoms with Gasteiger partial charge in [-0.05, 0) is 70.7 Å². The molecule has 1 amide bonds. The van der Waals surface area contributed by atoms with Crippen molar-refractivity contribution in [3.63, 3.8) is 0 Å². The van der Waals surface area contributed by atoms with Gasteiger partial charge in [0.2, 0.25) is 0 Å². The first-order valence-electron chi connectivity index (χ1n) is 8.74. The molecule has 0 fully saturated rings. The van der Waals surface area contributed by atoms with Crippen molar-refractivity contribution in [1.29, 1.82) is 0 Å². The number of amides is 1. The molecule has 0 aliphatic rings. The summed E-state index contributed by atoms with van der Waals surface area (Å²) in [6, 6.07) is 11.7. The highest BCUT2D eigenvalue weighted by Crippen LogP contribution is 2.19. The Kier molecular flexibility index (Phi) is 6.95. The molecule has 0 radical (unpaired) electrons. The molecular formula is C20H28N4O. The van der Waals surface area contributed by atoms with Crippen LogP contribution < -0.4 is 10.2 Å². The minimum absolute atomic E-state index is 0.0787. The van der Waals surface area contributed by atoms with E-state index in [0.29, 0.717) is 12.2 Å². The van der Waals surface area contributed by atoms with E-state index in [9.17, 15) is 4.79 Å². The fraction of sp³-hybridized carbons (Fsp3) is 0.400. The highest BCUT2D eigenvalue weighted by molar-refractivity contribution is 6.05. The first kappa shape index (κ1) is 18.9. The second-order valence-corrected chi connectivity index (χ2v) is 6.40. The number of carbonyl (C=O) groups is 1. The maximum absolute atomic E-state index is 12.9. The maximum Gasteiger partial charge on any atom is 0.276 e. The summed E-state index contributed by atoms with van der Waals surface area (Å²) in [5.41, 5.74) is 3.42. The lowest BCUT2D eigenvalue weighted by Crippen LogP contribution is -2.31. The number of benzene rings is 1. The normalized spacial score (nSPS) is 10.8. The van der Waals surface area contributed by atoms with Crippen LogP contribution in [0, 0.1) is 6.92 Å². The van der Waals surface area contributed by atoms with Crippen LogP contribution in [0.3, 0.4) is 0 Å². The van der Waals surface area contributed by atoms with Crippen molar-refractivity contribution >= 4 is 17.3 Å². The number of aryl methyl sites for hydroxylation is 1. The zero-order valence-electron chi connectivity index (χ0n) is 15.6. The Morgan fingerprint density at radius 2 is 2.00 bits per heavy atom. The lowest BCUT2D eigenvalue weighted by molar-refractivity contribution is 0.0983. The van der Waals surface area contributed by atoms with Crippen molar-refractivity contribution in [2.75, 3.05) is 43.9 Å². The molecule has 1 aromatic heterocycles. The van der Waals surface area contributed by atoms with E-state index in [4.69, 9.17) is 0 Å². The van der Waals surface area contributed by atoms with Gasteiger partial charge < -0.3 is 15.1 Å². The van der Waals surface area contributed by atoms with E-state index in [1.807, 2.05) is 50.2 Å². The van der Waals surface area contributed by atoms with E-state index in [0.717, 1.165) is 36.4 Å². The molecular weight excluding hydrogens is 312 g/mol. The van der Waals surface area contributed by atoms with Gasteiger partial charge in [-0.3, -0.25) is 9.78 Å². The van der Waals surface area contributed by atoms with Crippen LogP contribution in [0.2, 0.25) is 0 Å². The van der Waals surface area contributed by atoms with Crippen LogP contribution in [-0.4, -0.2) is 49.5 Å². The Bertz CT molecular complexity index is 700. The molecule has 134 valence electrons. The lowest BCUT2D eigenvalue weighted by Gasteiger charge is -2.21. The summed E-state index contributed by atoms with van der Waals surface area (Å²) in [5.74, 6) is -0.0787. The number of hydrogen-bond acceptors (Lipinski definition) is 4. The van der Waals surface area contributed by atoms with Gasteiger partial charge in [-0.15, -0.1) is 0 Å². The van der Waals surface area contributed by atoms with Crippen LogP contribution >= 0.6 is 0 Å². The van der Waals surface area contributed by atoms with E-state index in [1.54, 1.807) is 11.1 Å². The fourth-order valence-corrected chi connectivity index (χ4v) is 2.66. The zero-order valence-corrected chi connectivity index (χ0v) is 15.6. The van der Waals surface area contributed by atoms with E-state index in [2.05, 4.69) is 29.3 Å². The topological polar surface area (TPSA) is 48.5 Å². The van der Waals surface area contributed by atoms with Gasteiger partial charge in [-0.2, -0.15) is 0 Å². The predicted octanol–water partition coefficient (Wildman–Crippen LogP) is 3.42. The second-order valence-electron chi connectivity index (χ2n) is 6.40. The molecule has 0 saturated carbocycles. The highest BCUT2D eigenvalue weighted by atomic mass is 16.2. The van der Waals surface area contributed by atoms with Gasteiger partial charge in [-0.25, -0.2) is 0 Å². The number of pyridine rings is 1. The fourth-order valence-electron chi connectivity index (χ4n) is 2.66. The van der Waals surface area contributed by atoms with E-state index >= 15 is 0 Å². The minimum atomic E-state index is -0.0787. The minimum Gasteiger partial charge on any atom is -0.385 e. The van der Waals surface area contributed by atoms with Crippen molar-refractivity contribution in [2.24, 2.45) is 0 Å². The first-order chi connectivity index (χ1) is 12.0. The maximum atomic E-state index is 12.9. The summed E-state index contributed by atoms with van der Waals surface area (Å²) in [6.45, 7) is 6.50. The number of aromatic nitrogens is 1. The van der Waals surface area contributed by atoms with Crippen molar-refractivity contribution < 1.29 is 4.79 Å². The van der Waals surface area contributed by atoms with Crippen LogP contribution in [0.5, 0.6) is 0 Å². The molecule has 0 aliphatic heterocycles. The summed E-state index contributed by atoms with van der Waals surface area (Å²) in [7, 11) is 4.13. The van der Waals surface area contributed by atoms with Crippen molar-refractivity contribution in [3.8, 4) is 0 Å². The van der Waals surface area contributed by atoms with Crippen LogP contribution in [0.1, 0.15) is 29.4 Å². The Balaban J connectivity index is 2.08. The predicted molar refractivity (Wildman–Crippen MR) is 104 cm³/mol. The largest absolute Gasteiger partial charge is 0.385 e. The molecule has 5 heteroatoms. The molecule has 25 heavy (non-hydrogen) atoms. The molecule has 0 unspecified atom stereocenters. The van der Waals surface area contributed by atoms with Crippen molar-refractivity contribution in [2.45, 2.75) is 20.3 Å². The van der Waals surface area contributed by atoms with E-state index < -0.39 is 0 Å². The molecule has 0 atom stereocenters. The average molecular weight is 340 g/mol. The summed E-state index contributed by atoms with van der Waals surface area (Å²) in [5, 5.41) is 3.36. The number of rotatable bonds is 8. The number of hydrogen-bond donors (Lipinski definition) is 1. The zero-order chi connectivity index (χ0) is 18.2. The standard InChI is InChI=1S/C20H28N4O/c1-5-24(18-9-6-8-16(2)14-18)20(25)19-15-17(10-12-22-19)21-11-7-13-23(3)4/h6,8-10,12,14-15H,5,7,11,13H2,1-4H3,(H,21,22). The monoisotopic (exact) mass is 340 g/mol. The number of nitrogens with one attached hydrogen (secondary N) is 1. The summed E-state index contributed by atoms with van der Waals surface area (Å²) >= 11 is 0. The van der Waals surface area contributed by atoms with Gasteiger partial charge in [0, 0.05) is 30.7 Å². The lowest BCUT2D eigenvalue weighted by atomic mass is 10.2. The van der Waals surface area contributed by atoms with Gasteiger partial charge in [0.25, 0.3) is 5.91 Å². The van der Waals surface area contributed by atoms with Crippen molar-refractivity contribution in [3.05, 3.63) is 53.9 Å². The van der Waals surface area contributed by atoms with E-state index in [1.165, 1.54) is 0 Å². The third-order valence-corrected chi connectivity index (χ3v) is 3.96. The first-order valence-corrected chi connectivity index (χ1v) is 8.74. The van der Waals surface area contributed by atoms with Crippen LogP contribution in [0.25, 0.3) is 0 Å². The quantitative estimate of drug-likeness (QED) is 0.748. The average Bonchev–Trinajstić information content (AvgIpc) is 2.59. The summed E-state index contributed by atoms with van der Waals surface area (Å²) < 4.78 is 0. The third-order valence-electron chi connectivity index (χ3n) is 3.96. The van der Waals surface area contributed by atoms with Crippen molar-refractivity contribution in [1.82, 2.24) is 9.88 Å². The Morgan fingerprint density at radius 1 is 1.20 bits per heavy atom. The molecule has 0 saturated heterocycles. The van der Waals surface area contributed by atoms with Crippen LogP contribution in [-0.2, 0) is 0 Å². The number of anilines is 2. The smallest absolute Gasteiger partial charge is 0.276 e. The molecule has 2 aromatic rings. The molecule has 1 aromatic carbocycles. The molecule has 2 rings (SSSR count). The molecule has 1 heterocycles. The third kappa shape index (κ3) is 5.57. The molecule has 0 aliphatic carbocycles. The Hall–Kier alpha value is -2.40. The molecule has 5 nitrogen and oxygen atoms in total. The number of nitrogens with zero attached hydrogens (tertiary/aromatic N) is 3. The van der Waals surface area contributed by atoms with Gasteiger partial charge in [0.1, 0.15) is 5.69 Å². The second kappa shape index (κ2) is 9.18. The van der Waals surface area contributed by atoms with Crippen LogP contribution in [0.4, 0.5) is 11.4 Å². The van der Waals surface area contributed by atoms with Gasteiger partial charge in [-0.1, -0.05) is 12.1 Å². The van der Waals surface area contributed by atoms with Gasteiger partial charge in [0.05, 0.1) is 0 Å². The molecule has 0 spiro atoms. The summed E-state index contributed by atoms with van der Waals surface area (Å²) in [4.78, 5) is 21.1. The SMILES string of the molecule is CCN(C(=O)c1cc(NCCCN(C)C)ccn1)c1cccc(C)c1. The van der Waals surface area contributed by atoms with E-state index in [-0.39, 0.29) is 5.91 Å². The van der Waals surface area contributed by atoms with Crippen LogP contribution in [0.15, 0.2) is 42.6 Å². The highest BCUT2D eigenvalue weighted by Gasteiger charge is 2.17. The number of carbonyl (C=O) groups excluding carboxylic acids is 1. The Labute approximate surface area is 150 Å². The Morgan fingerprint density at radius 3 is 2.68 bits per heavy atom. The molecule has 0 bridgehead atoms. The summed E-state index contributed by atoms with van der Waals surface area (Å²) in [6.07, 6.45) is 2.73. The molecule has 1 N–H and O–H groups in total. The van der Waals surface area contributed by atoms with Gasteiger partial charge >= 0.3 is 0 Å².